The Labute approximate surface area is 833 Å². The quantitative estimate of drug-likeness (QED) is 0.0164. The number of rotatable bonds is 61. The number of hydrogen-bond acceptors (Lipinski definition) is 27. The van der Waals surface area contributed by atoms with Crippen LogP contribution in [0, 0.1) is 29.1 Å². The molecule has 3 heterocycles. The highest BCUT2D eigenvalue weighted by molar-refractivity contribution is 7.98. The highest BCUT2D eigenvalue weighted by atomic mass is 32.2. The third kappa shape index (κ3) is 40.7. The molecule has 20 atom stereocenters. The number of likely N-dealkylation sites (tertiary alicyclic amines) is 3. The second kappa shape index (κ2) is 60.0. The van der Waals surface area contributed by atoms with Gasteiger partial charge in [-0.25, -0.2) is 4.79 Å². The topological polar surface area (TPSA) is 804 Å². The number of carboxylic acids is 3. The fourth-order valence-corrected chi connectivity index (χ4v) is 16.4. The minimum atomic E-state index is -1.86. The average Bonchev–Trinajstić information content (AvgIpc) is 1.69. The molecule has 0 saturated carbocycles. The number of aromatic hydroxyl groups is 1. The molecule has 798 valence electrons. The molecule has 20 amide bonds. The molecule has 51 nitrogen and oxygen atoms in total. The molecule has 3 saturated heterocycles. The van der Waals surface area contributed by atoms with Crippen molar-refractivity contribution in [1.82, 2.24) is 99.8 Å². The van der Waals surface area contributed by atoms with Crippen LogP contribution in [0.15, 0.2) is 24.3 Å². The van der Waals surface area contributed by atoms with E-state index < -0.39 is 320 Å². The van der Waals surface area contributed by atoms with Crippen molar-refractivity contribution < 1.29 is 131 Å². The molecule has 29 N–H and O–H groups in total. The summed E-state index contributed by atoms with van der Waals surface area (Å²) in [4.78, 5) is 317. The minimum absolute atomic E-state index is 0.00169. The van der Waals surface area contributed by atoms with Crippen molar-refractivity contribution in [2.75, 3.05) is 44.7 Å². The predicted octanol–water partition coefficient (Wildman–Crippen LogP) is -6.02. The molecule has 143 heavy (non-hydrogen) atoms. The number of phenolic OH excluding ortho intramolecular Hbond substituents is 1. The van der Waals surface area contributed by atoms with E-state index in [0.717, 1.165) is 0 Å². The number of guanidine groups is 1. The zero-order valence-corrected chi connectivity index (χ0v) is 84.0. The van der Waals surface area contributed by atoms with Crippen molar-refractivity contribution in [3.63, 3.8) is 0 Å². The van der Waals surface area contributed by atoms with E-state index in [1.807, 2.05) is 0 Å². The number of aliphatic carboxylic acids is 3. The van der Waals surface area contributed by atoms with Crippen LogP contribution in [0.1, 0.15) is 211 Å². The number of thioether (sulfide) groups is 1. The lowest BCUT2D eigenvalue weighted by atomic mass is 9.96. The normalized spacial score (nSPS) is 18.0. The van der Waals surface area contributed by atoms with E-state index in [1.54, 1.807) is 61.6 Å². The van der Waals surface area contributed by atoms with E-state index >= 15 is 0 Å². The lowest BCUT2D eigenvalue weighted by Gasteiger charge is -2.33. The number of benzene rings is 1. The summed E-state index contributed by atoms with van der Waals surface area (Å²) in [5.41, 5.74) is 22.8. The molecule has 0 radical (unpaired) electrons. The van der Waals surface area contributed by atoms with Crippen molar-refractivity contribution in [2.45, 2.75) is 320 Å². The van der Waals surface area contributed by atoms with Gasteiger partial charge in [0.25, 0.3) is 0 Å². The summed E-state index contributed by atoms with van der Waals surface area (Å²) in [7, 11) is 0. The zero-order chi connectivity index (χ0) is 108. The van der Waals surface area contributed by atoms with E-state index in [9.17, 15) is 131 Å². The Morgan fingerprint density at radius 3 is 1.24 bits per heavy atom. The fourth-order valence-electron chi connectivity index (χ4n) is 15.9. The first-order valence-corrected chi connectivity index (χ1v) is 49.3. The first-order valence-electron chi connectivity index (χ1n) is 47.9. The maximum atomic E-state index is 14.9. The molecule has 0 aromatic heterocycles. The number of amides is 20. The molecule has 0 spiro atoms. The van der Waals surface area contributed by atoms with Gasteiger partial charge in [-0.2, -0.15) is 11.8 Å². The van der Waals surface area contributed by atoms with Crippen LogP contribution in [0.25, 0.3) is 0 Å². The smallest absolute Gasteiger partial charge is 0.326 e. The van der Waals surface area contributed by atoms with Gasteiger partial charge in [0.05, 0.1) is 25.4 Å². The summed E-state index contributed by atoms with van der Waals surface area (Å²) >= 11 is 1.38. The summed E-state index contributed by atoms with van der Waals surface area (Å²) in [6, 6.07) is -20.7. The van der Waals surface area contributed by atoms with Crippen LogP contribution in [0.4, 0.5) is 0 Å². The van der Waals surface area contributed by atoms with Crippen LogP contribution in [-0.4, -0.2) is 331 Å². The monoisotopic (exact) mass is 2040 g/mol. The van der Waals surface area contributed by atoms with Gasteiger partial charge in [-0.3, -0.25) is 111 Å². The van der Waals surface area contributed by atoms with Crippen molar-refractivity contribution >= 4 is 154 Å². The zero-order valence-electron chi connectivity index (χ0n) is 83.1. The van der Waals surface area contributed by atoms with Crippen molar-refractivity contribution in [1.29, 1.82) is 5.41 Å². The largest absolute Gasteiger partial charge is 0.508 e. The van der Waals surface area contributed by atoms with E-state index in [-0.39, 0.29) is 95.6 Å². The van der Waals surface area contributed by atoms with E-state index in [4.69, 9.17) is 28.3 Å². The van der Waals surface area contributed by atoms with Gasteiger partial charge in [-0.05, 0) is 165 Å². The molecule has 1 aromatic carbocycles. The molecular weight excluding hydrogens is 1890 g/mol. The number of carbonyl (C=O) groups excluding carboxylic acids is 20. The summed E-state index contributed by atoms with van der Waals surface area (Å²) in [5.74, 6) is -24.9. The summed E-state index contributed by atoms with van der Waals surface area (Å²) in [6.07, 6.45) is -1.18. The first-order chi connectivity index (χ1) is 67.1. The van der Waals surface area contributed by atoms with Crippen molar-refractivity contribution in [3.8, 4) is 5.75 Å². The number of primary amides is 2. The maximum absolute atomic E-state index is 14.9. The third-order valence-corrected chi connectivity index (χ3v) is 25.1. The Bertz CT molecular complexity index is 4680. The van der Waals surface area contributed by atoms with Crippen LogP contribution in [-0.2, 0) is 117 Å². The van der Waals surface area contributed by atoms with E-state index in [2.05, 4.69) is 85.1 Å². The SMILES string of the molecule is CC[C@H](C)[C@H](NC(=O)[C@@H](CCC(=O)O)NC(=O)[C@@H](C)NC(=O)[C@@H](C)NC(=O)[C@H](C)NC(=O)[C@@H]1CCCN1C(=O)CNC(=O)[C@H]1CCCN1C(=O)[C@H](NC(=O)[C@H]1CCCN1C(=O)[C@@H](C)NC(=O)[C@@H](CC(C)C)NC(=O)[C@H](CCC(=O)O)NC(=O)[C@H](CCCNC(=N)N)NC(=O)[C@@H](Cc1ccc(O)cc1)NC(=O)[C@@H](CC(C)C)NC(=O)[C@H](CC(N)=O)NC(=O)[C@@H](CC(N)=O)NC(=O)[C@@H](N)CCSC)[C@@H](C)CC)C(=O)O. The second-order valence-electron chi connectivity index (χ2n) is 37.0. The lowest BCUT2D eigenvalue weighted by molar-refractivity contribution is -0.145. The summed E-state index contributed by atoms with van der Waals surface area (Å²) in [5, 5.41) is 86.7. The minimum Gasteiger partial charge on any atom is -0.508 e. The van der Waals surface area contributed by atoms with Crippen LogP contribution >= 0.6 is 11.8 Å². The predicted molar refractivity (Wildman–Crippen MR) is 516 cm³/mol. The van der Waals surface area contributed by atoms with Crippen molar-refractivity contribution in [2.24, 2.45) is 46.6 Å². The molecule has 3 fully saturated rings. The van der Waals surface area contributed by atoms with Crippen LogP contribution in [0.5, 0.6) is 5.75 Å². The molecule has 3 aliphatic heterocycles. The summed E-state index contributed by atoms with van der Waals surface area (Å²) < 4.78 is 0. The van der Waals surface area contributed by atoms with Gasteiger partial charge < -0.3 is 143 Å². The standard InChI is InChI=1S/C91H146N24O27S/c1-14-46(7)71(89(140)115-36-18-21-63(115)85(136)98-43-68(119)113-34-17-22-64(113)86(137)101-49(10)74(125)99-48(9)73(124)100-50(11)75(126)103-57(29-31-70(122)123)79(130)112-72(90(141)142)47(8)15-2)111-87(138)65-23-19-35-114(65)88(139)51(12)102-80(131)58(38-44(3)4)107-78(129)56(28-30-69(120)121)105-77(128)55(20-16-33-97-91(95)96)104-82(133)60(40-52-24-26-53(116)27-25-52)109-81(132)59(39-45(5)6)108-84(135)62(42-67(94)118)110-83(134)61(41-66(93)117)106-76(127)54(92)32-37-143-13/h24-27,44-51,54-65,71-72,116H,14-23,28-43,92H2,1-13H3,(H2,93,117)(H2,94,118)(H,98,136)(H,99,125)(H,100,124)(H,101,137)(H,102,131)(H,103,126)(H,104,133)(H,105,128)(H,106,127)(H,107,129)(H,108,135)(H,109,132)(H,110,134)(H,111,138)(H,112,130)(H,120,121)(H,122,123)(H,141,142)(H4,95,96,97)/t46-,47-,48+,49-,50+,51+,54-,55-,56-,57+,58+,59+,60+,61+,62-,63+,64-,65+,71+,72-/m0/s1. The fraction of sp³-hybridized carbons (Fsp3) is 0.670. The van der Waals surface area contributed by atoms with Gasteiger partial charge >= 0.3 is 17.9 Å². The highest BCUT2D eigenvalue weighted by Gasteiger charge is 2.46. The van der Waals surface area contributed by atoms with Crippen LogP contribution in [0.3, 0.4) is 0 Å². The van der Waals surface area contributed by atoms with Crippen molar-refractivity contribution in [3.05, 3.63) is 29.8 Å². The van der Waals surface area contributed by atoms with Crippen LogP contribution < -0.4 is 108 Å². The van der Waals surface area contributed by atoms with Gasteiger partial charge in [0.1, 0.15) is 108 Å². The molecule has 0 unspecified atom stereocenters. The number of phenols is 1. The molecule has 1 aromatic rings. The molecule has 3 aliphatic rings. The molecular formula is C91H146N24O27S. The second-order valence-corrected chi connectivity index (χ2v) is 38.0. The number of hydrogen-bond donors (Lipinski definition) is 25. The molecule has 52 heteroatoms. The maximum Gasteiger partial charge on any atom is 0.326 e. The Morgan fingerprint density at radius 1 is 0.413 bits per heavy atom. The Morgan fingerprint density at radius 2 is 0.783 bits per heavy atom. The Kier molecular flexibility index (Phi) is 51.1. The number of nitrogens with zero attached hydrogens (tertiary/aromatic N) is 3. The first kappa shape index (κ1) is 122. The lowest BCUT2D eigenvalue weighted by Crippen LogP contribution is -2.61. The van der Waals surface area contributed by atoms with Gasteiger partial charge in [0.2, 0.25) is 118 Å². The van der Waals surface area contributed by atoms with Crippen LogP contribution in [0.2, 0.25) is 0 Å². The number of carboxylic acid groups (broad SMARTS) is 3. The Hall–Kier alpha value is -13.6. The van der Waals surface area contributed by atoms with Gasteiger partial charge in [-0.1, -0.05) is 80.4 Å². The van der Waals surface area contributed by atoms with E-state index in [1.165, 1.54) is 78.4 Å². The average molecular weight is 2040 g/mol. The van der Waals surface area contributed by atoms with Gasteiger partial charge in [0, 0.05) is 45.4 Å². The Balaban J connectivity index is 1.48. The van der Waals surface area contributed by atoms with E-state index in [0.29, 0.717) is 37.0 Å². The van der Waals surface area contributed by atoms with Gasteiger partial charge in [0.15, 0.2) is 5.96 Å². The molecule has 4 rings (SSSR count). The third-order valence-electron chi connectivity index (χ3n) is 24.4. The summed E-state index contributed by atoms with van der Waals surface area (Å²) in [6.45, 7) is 18.0. The highest BCUT2D eigenvalue weighted by Crippen LogP contribution is 2.26. The number of nitrogens with two attached hydrogens (primary N) is 4. The molecule has 0 aliphatic carbocycles. The molecule has 0 bridgehead atoms. The van der Waals surface area contributed by atoms with Gasteiger partial charge in [-0.15, -0.1) is 0 Å². The number of carbonyl (C=O) groups is 23. The number of nitrogens with one attached hydrogen (secondary N) is 17.